The van der Waals surface area contributed by atoms with Crippen molar-refractivity contribution >= 4 is 23.1 Å². The van der Waals surface area contributed by atoms with Crippen molar-refractivity contribution < 1.29 is 0 Å². The van der Waals surface area contributed by atoms with Crippen LogP contribution in [0.2, 0.25) is 0 Å². The van der Waals surface area contributed by atoms with Gasteiger partial charge in [0.1, 0.15) is 0 Å². The van der Waals surface area contributed by atoms with Crippen molar-refractivity contribution in [2.45, 2.75) is 13.8 Å². The molecule has 0 spiro atoms. The molecule has 2 N–H and O–H groups in total. The maximum absolute atomic E-state index is 3.25. The Kier molecular flexibility index (Phi) is 7.45. The van der Waals surface area contributed by atoms with Gasteiger partial charge in [0, 0.05) is 37.4 Å². The summed E-state index contributed by atoms with van der Waals surface area (Å²) in [6.07, 6.45) is 0. The molecule has 0 aliphatic heterocycles. The summed E-state index contributed by atoms with van der Waals surface area (Å²) in [7, 11) is 3.92. The van der Waals surface area contributed by atoms with Gasteiger partial charge in [-0.15, -0.1) is 11.8 Å². The smallest absolute Gasteiger partial charge is 0.0475 e. The summed E-state index contributed by atoms with van der Waals surface area (Å²) in [5.74, 6) is 0.919. The van der Waals surface area contributed by atoms with Gasteiger partial charge >= 0.3 is 0 Å². The average Bonchev–Trinajstić information content (AvgIpc) is 2.46. The Balaban J connectivity index is 2.81. The second-order valence-electron chi connectivity index (χ2n) is 4.17. The summed E-state index contributed by atoms with van der Waals surface area (Å²) in [6, 6.07) is 8.73. The van der Waals surface area contributed by atoms with Crippen LogP contribution in [0.4, 0.5) is 5.69 Å². The number of rotatable bonds is 8. The van der Waals surface area contributed by atoms with Crippen LogP contribution in [0.5, 0.6) is 0 Å². The minimum Gasteiger partial charge on any atom is -0.387 e. The van der Waals surface area contributed by atoms with Crippen molar-refractivity contribution in [1.82, 2.24) is 10.6 Å². The van der Waals surface area contributed by atoms with E-state index in [0.29, 0.717) is 0 Å². The molecule has 0 heterocycles. The van der Waals surface area contributed by atoms with Gasteiger partial charge in [0.05, 0.1) is 0 Å². The van der Waals surface area contributed by atoms with Crippen molar-refractivity contribution in [2.75, 3.05) is 38.0 Å². The Hall–Kier alpha value is -1.13. The number of hydrogen-bond donors (Lipinski definition) is 2. The van der Waals surface area contributed by atoms with Gasteiger partial charge in [0.25, 0.3) is 0 Å². The highest BCUT2D eigenvalue weighted by molar-refractivity contribution is 8.02. The van der Waals surface area contributed by atoms with Gasteiger partial charge in [-0.2, -0.15) is 0 Å². The van der Waals surface area contributed by atoms with Gasteiger partial charge in [-0.25, -0.2) is 0 Å². The molecule has 0 atom stereocenters. The van der Waals surface area contributed by atoms with Crippen LogP contribution in [0.15, 0.2) is 29.7 Å². The van der Waals surface area contributed by atoms with E-state index in [1.165, 1.54) is 11.3 Å². The summed E-state index contributed by atoms with van der Waals surface area (Å²) in [5, 5.41) is 8.53. The zero-order valence-electron chi connectivity index (χ0n) is 12.4. The first kappa shape index (κ1) is 15.9. The maximum Gasteiger partial charge on any atom is 0.0475 e. The van der Waals surface area contributed by atoms with Crippen LogP contribution in [0.25, 0.3) is 5.70 Å². The molecule has 1 aromatic carbocycles. The van der Waals surface area contributed by atoms with Crippen molar-refractivity contribution in [2.24, 2.45) is 0 Å². The Labute approximate surface area is 121 Å². The minimum absolute atomic E-state index is 0.919. The lowest BCUT2D eigenvalue weighted by molar-refractivity contribution is 0.866. The average molecular weight is 279 g/mol. The van der Waals surface area contributed by atoms with Gasteiger partial charge < -0.3 is 15.5 Å². The van der Waals surface area contributed by atoms with Crippen LogP contribution in [0.1, 0.15) is 19.4 Å². The molecule has 0 amide bonds. The van der Waals surface area contributed by atoms with Crippen molar-refractivity contribution in [1.29, 1.82) is 0 Å². The number of anilines is 1. The third kappa shape index (κ3) is 4.80. The predicted molar refractivity (Wildman–Crippen MR) is 88.6 cm³/mol. The van der Waals surface area contributed by atoms with Crippen LogP contribution < -0.4 is 15.5 Å². The molecule has 0 saturated carbocycles. The quantitative estimate of drug-likeness (QED) is 0.565. The topological polar surface area (TPSA) is 27.3 Å². The molecule has 106 valence electrons. The Morgan fingerprint density at radius 3 is 2.26 bits per heavy atom. The van der Waals surface area contributed by atoms with Crippen molar-refractivity contribution in [3.8, 4) is 0 Å². The molecule has 1 rings (SSSR count). The molecule has 19 heavy (non-hydrogen) atoms. The molecule has 4 heteroatoms. The first-order valence-corrected chi connectivity index (χ1v) is 7.81. The van der Waals surface area contributed by atoms with Gasteiger partial charge in [0.2, 0.25) is 0 Å². The minimum atomic E-state index is 0.919. The van der Waals surface area contributed by atoms with E-state index in [2.05, 4.69) is 59.1 Å². The second kappa shape index (κ2) is 8.88. The standard InChI is InChI=1S/C15H25N3S/c1-5-18(6-2)14-9-7-13(8-10-14)15(17-4)11-19-12-16-3/h7-11,16-17H,5-6,12H2,1-4H3/b15-11-. The first-order chi connectivity index (χ1) is 9.26. The zero-order valence-corrected chi connectivity index (χ0v) is 13.2. The van der Waals surface area contributed by atoms with Gasteiger partial charge in [-0.05, 0) is 44.0 Å². The van der Waals surface area contributed by atoms with E-state index in [0.717, 1.165) is 24.7 Å². The van der Waals surface area contributed by atoms with Gasteiger partial charge in [-0.3, -0.25) is 0 Å². The van der Waals surface area contributed by atoms with E-state index < -0.39 is 0 Å². The molecule has 0 unspecified atom stereocenters. The number of thioether (sulfide) groups is 1. The van der Waals surface area contributed by atoms with E-state index in [4.69, 9.17) is 0 Å². The molecule has 3 nitrogen and oxygen atoms in total. The molecule has 0 aliphatic rings. The molecule has 0 aromatic heterocycles. The molecule has 0 bridgehead atoms. The Morgan fingerprint density at radius 1 is 1.16 bits per heavy atom. The van der Waals surface area contributed by atoms with Crippen LogP contribution in [0.3, 0.4) is 0 Å². The third-order valence-corrected chi connectivity index (χ3v) is 3.86. The maximum atomic E-state index is 3.25. The van der Waals surface area contributed by atoms with E-state index >= 15 is 0 Å². The molecule has 0 radical (unpaired) electrons. The monoisotopic (exact) mass is 279 g/mol. The molecule has 0 aliphatic carbocycles. The van der Waals surface area contributed by atoms with Crippen molar-refractivity contribution in [3.63, 3.8) is 0 Å². The van der Waals surface area contributed by atoms with E-state index in [9.17, 15) is 0 Å². The SMILES string of the molecule is CCN(CC)c1ccc(/C(=C/SCNC)NC)cc1. The van der Waals surface area contributed by atoms with Crippen LogP contribution in [-0.2, 0) is 0 Å². The molecular formula is C15H25N3S. The fourth-order valence-electron chi connectivity index (χ4n) is 1.92. The van der Waals surface area contributed by atoms with Crippen LogP contribution in [0, 0.1) is 0 Å². The summed E-state index contributed by atoms with van der Waals surface area (Å²) in [6.45, 7) is 6.46. The summed E-state index contributed by atoms with van der Waals surface area (Å²) >= 11 is 1.75. The van der Waals surface area contributed by atoms with Gasteiger partial charge in [0.15, 0.2) is 0 Å². The van der Waals surface area contributed by atoms with E-state index in [1.54, 1.807) is 11.8 Å². The lowest BCUT2D eigenvalue weighted by Crippen LogP contribution is -2.21. The fourth-order valence-corrected chi connectivity index (χ4v) is 2.59. The first-order valence-electron chi connectivity index (χ1n) is 6.76. The number of benzene rings is 1. The van der Waals surface area contributed by atoms with Gasteiger partial charge in [-0.1, -0.05) is 12.1 Å². The highest BCUT2D eigenvalue weighted by Gasteiger charge is 2.03. The normalized spacial score (nSPS) is 11.5. The fraction of sp³-hybridized carbons (Fsp3) is 0.467. The van der Waals surface area contributed by atoms with E-state index in [1.807, 2.05) is 14.1 Å². The zero-order chi connectivity index (χ0) is 14.1. The highest BCUT2D eigenvalue weighted by atomic mass is 32.2. The number of nitrogens with one attached hydrogen (secondary N) is 2. The summed E-state index contributed by atoms with van der Waals surface area (Å²) < 4.78 is 0. The Morgan fingerprint density at radius 2 is 1.79 bits per heavy atom. The number of hydrogen-bond acceptors (Lipinski definition) is 4. The molecule has 0 saturated heterocycles. The predicted octanol–water partition coefficient (Wildman–Crippen LogP) is 2.96. The summed E-state index contributed by atoms with van der Waals surface area (Å²) in [5.41, 5.74) is 3.67. The second-order valence-corrected chi connectivity index (χ2v) is 5.02. The largest absolute Gasteiger partial charge is 0.387 e. The van der Waals surface area contributed by atoms with E-state index in [-0.39, 0.29) is 0 Å². The molecule has 1 aromatic rings. The lowest BCUT2D eigenvalue weighted by atomic mass is 10.1. The highest BCUT2D eigenvalue weighted by Crippen LogP contribution is 2.20. The Bertz CT molecular complexity index is 383. The lowest BCUT2D eigenvalue weighted by Gasteiger charge is -2.21. The molecular weight excluding hydrogens is 254 g/mol. The van der Waals surface area contributed by atoms with Crippen LogP contribution in [-0.4, -0.2) is 33.1 Å². The molecule has 0 fully saturated rings. The van der Waals surface area contributed by atoms with Crippen molar-refractivity contribution in [3.05, 3.63) is 35.2 Å². The van der Waals surface area contributed by atoms with Crippen LogP contribution >= 0.6 is 11.8 Å². The third-order valence-electron chi connectivity index (χ3n) is 3.01. The number of nitrogens with zero attached hydrogens (tertiary/aromatic N) is 1. The summed E-state index contributed by atoms with van der Waals surface area (Å²) in [4.78, 5) is 2.35.